The second-order valence-corrected chi connectivity index (χ2v) is 6.88. The van der Waals surface area contributed by atoms with Crippen LogP contribution in [-0.4, -0.2) is 10.8 Å². The van der Waals surface area contributed by atoms with Gasteiger partial charge in [-0.2, -0.15) is 0 Å². The molecule has 0 aliphatic carbocycles. The van der Waals surface area contributed by atoms with Crippen molar-refractivity contribution in [1.82, 2.24) is 4.98 Å². The lowest BCUT2D eigenvalue weighted by Gasteiger charge is -2.14. The number of hydrogen-bond acceptors (Lipinski definition) is 3. The summed E-state index contributed by atoms with van der Waals surface area (Å²) >= 11 is 1.50. The van der Waals surface area contributed by atoms with Gasteiger partial charge in [0.05, 0.1) is 12.1 Å². The van der Waals surface area contributed by atoms with Gasteiger partial charge in [0.15, 0.2) is 5.78 Å². The molecule has 2 nitrogen and oxygen atoms in total. The lowest BCUT2D eigenvalue weighted by Crippen LogP contribution is -2.12. The Kier molecular flexibility index (Phi) is 4.04. The Morgan fingerprint density at radius 2 is 2.05 bits per heavy atom. The van der Waals surface area contributed by atoms with E-state index in [1.54, 1.807) is 13.0 Å². The number of nitrogens with zero attached hydrogens (tertiary/aromatic N) is 1. The number of halogens is 1. The van der Waals surface area contributed by atoms with Crippen molar-refractivity contribution in [3.63, 3.8) is 0 Å². The van der Waals surface area contributed by atoms with Crippen molar-refractivity contribution in [3.05, 3.63) is 51.2 Å². The van der Waals surface area contributed by atoms with E-state index in [9.17, 15) is 9.18 Å². The third kappa shape index (κ3) is 3.31. The zero-order valence-electron chi connectivity index (χ0n) is 12.2. The molecule has 0 spiro atoms. The van der Waals surface area contributed by atoms with Gasteiger partial charge in [0.1, 0.15) is 10.8 Å². The van der Waals surface area contributed by atoms with Crippen molar-refractivity contribution < 1.29 is 9.18 Å². The smallest absolute Gasteiger partial charge is 0.169 e. The molecule has 0 aliphatic rings. The Hall–Kier alpha value is -1.55. The maximum Gasteiger partial charge on any atom is 0.169 e. The van der Waals surface area contributed by atoms with Crippen LogP contribution in [0.2, 0.25) is 0 Å². The number of aryl methyl sites for hydroxylation is 1. The quantitative estimate of drug-likeness (QED) is 0.789. The van der Waals surface area contributed by atoms with Crippen LogP contribution < -0.4 is 0 Å². The highest BCUT2D eigenvalue weighted by Crippen LogP contribution is 2.24. The highest BCUT2D eigenvalue weighted by molar-refractivity contribution is 7.09. The Balaban J connectivity index is 2.15. The van der Waals surface area contributed by atoms with E-state index in [2.05, 4.69) is 25.8 Å². The lowest BCUT2D eigenvalue weighted by molar-refractivity contribution is 0.0992. The van der Waals surface area contributed by atoms with E-state index in [4.69, 9.17) is 0 Å². The molecule has 0 unspecified atom stereocenters. The summed E-state index contributed by atoms with van der Waals surface area (Å²) in [7, 11) is 0. The van der Waals surface area contributed by atoms with Crippen LogP contribution in [0.25, 0.3) is 0 Å². The molecule has 0 fully saturated rings. The van der Waals surface area contributed by atoms with E-state index in [1.807, 2.05) is 5.38 Å². The van der Waals surface area contributed by atoms with E-state index in [0.29, 0.717) is 11.1 Å². The van der Waals surface area contributed by atoms with Crippen molar-refractivity contribution in [1.29, 1.82) is 0 Å². The molecule has 0 amide bonds. The van der Waals surface area contributed by atoms with Crippen molar-refractivity contribution >= 4 is 17.1 Å². The van der Waals surface area contributed by atoms with Crippen LogP contribution in [-0.2, 0) is 11.8 Å². The minimum atomic E-state index is -0.286. The Bertz CT molecular complexity index is 640. The fourth-order valence-corrected chi connectivity index (χ4v) is 2.81. The number of carbonyl (C=O) groups excluding carboxylic acids is 1. The summed E-state index contributed by atoms with van der Waals surface area (Å²) < 4.78 is 13.2. The monoisotopic (exact) mass is 291 g/mol. The second kappa shape index (κ2) is 5.44. The van der Waals surface area contributed by atoms with E-state index >= 15 is 0 Å². The van der Waals surface area contributed by atoms with E-state index in [0.717, 1.165) is 10.7 Å². The van der Waals surface area contributed by atoms with Gasteiger partial charge in [-0.3, -0.25) is 4.79 Å². The summed E-state index contributed by atoms with van der Waals surface area (Å²) in [5.74, 6) is -0.311. The number of hydrogen-bond donors (Lipinski definition) is 0. The largest absolute Gasteiger partial charge is 0.294 e. The fraction of sp³-hybridized carbons (Fsp3) is 0.375. The van der Waals surface area contributed by atoms with Gasteiger partial charge in [-0.25, -0.2) is 9.37 Å². The van der Waals surface area contributed by atoms with Crippen molar-refractivity contribution in [2.45, 2.75) is 39.5 Å². The average Bonchev–Trinajstić information content (AvgIpc) is 2.81. The molecule has 2 rings (SSSR count). The molecule has 0 radical (unpaired) electrons. The molecule has 1 aromatic carbocycles. The minimum absolute atomic E-state index is 0.00966. The topological polar surface area (TPSA) is 30.0 Å². The number of ketones is 1. The first kappa shape index (κ1) is 14.9. The molecule has 106 valence electrons. The Morgan fingerprint density at radius 1 is 1.35 bits per heavy atom. The first-order chi connectivity index (χ1) is 9.27. The molecule has 0 saturated carbocycles. The van der Waals surface area contributed by atoms with E-state index < -0.39 is 0 Å². The SMILES string of the molecule is Cc1cc(C(=O)Cc2nc(C(C)(C)C)cs2)ccc1F. The normalized spacial score (nSPS) is 11.7. The van der Waals surface area contributed by atoms with Gasteiger partial charge in [0, 0.05) is 16.4 Å². The zero-order chi connectivity index (χ0) is 14.9. The number of rotatable bonds is 3. The average molecular weight is 291 g/mol. The highest BCUT2D eigenvalue weighted by atomic mass is 32.1. The van der Waals surface area contributed by atoms with Gasteiger partial charge in [0.25, 0.3) is 0 Å². The van der Waals surface area contributed by atoms with Gasteiger partial charge in [-0.15, -0.1) is 11.3 Å². The third-order valence-corrected chi connectivity index (χ3v) is 3.96. The molecule has 0 atom stereocenters. The fourth-order valence-electron chi connectivity index (χ4n) is 1.79. The summed E-state index contributed by atoms with van der Waals surface area (Å²) in [6, 6.07) is 4.46. The van der Waals surface area contributed by atoms with Gasteiger partial charge < -0.3 is 0 Å². The number of carbonyl (C=O) groups is 1. The van der Waals surface area contributed by atoms with Crippen LogP contribution in [0.1, 0.15) is 47.4 Å². The maximum atomic E-state index is 13.2. The lowest BCUT2D eigenvalue weighted by atomic mass is 9.93. The molecule has 0 saturated heterocycles. The molecule has 0 N–H and O–H groups in total. The molecular formula is C16H18FNOS. The van der Waals surface area contributed by atoms with E-state index in [-0.39, 0.29) is 23.4 Å². The summed E-state index contributed by atoms with van der Waals surface area (Å²) in [5, 5.41) is 2.81. The summed E-state index contributed by atoms with van der Waals surface area (Å²) in [6.45, 7) is 7.94. The molecule has 1 aromatic heterocycles. The van der Waals surface area contributed by atoms with Crippen LogP contribution in [0, 0.1) is 12.7 Å². The number of aromatic nitrogens is 1. The van der Waals surface area contributed by atoms with Gasteiger partial charge in [-0.1, -0.05) is 20.8 Å². The predicted octanol–water partition coefficient (Wildman–Crippen LogP) is 4.31. The molecule has 0 bridgehead atoms. The highest BCUT2D eigenvalue weighted by Gasteiger charge is 2.18. The van der Waals surface area contributed by atoms with Gasteiger partial charge in [-0.05, 0) is 30.7 Å². The molecule has 20 heavy (non-hydrogen) atoms. The Labute approximate surface area is 122 Å². The number of thiazole rings is 1. The second-order valence-electron chi connectivity index (χ2n) is 5.94. The summed E-state index contributed by atoms with van der Waals surface area (Å²) in [4.78, 5) is 16.7. The van der Waals surface area contributed by atoms with Crippen molar-refractivity contribution in [2.75, 3.05) is 0 Å². The third-order valence-electron chi connectivity index (χ3n) is 3.11. The van der Waals surface area contributed by atoms with E-state index in [1.165, 1.54) is 23.5 Å². The standard InChI is InChI=1S/C16H18FNOS/c1-10-7-11(5-6-12(10)17)13(19)8-15-18-14(9-20-15)16(2,3)4/h5-7,9H,8H2,1-4H3. The molecule has 1 heterocycles. The van der Waals surface area contributed by atoms with Crippen LogP contribution >= 0.6 is 11.3 Å². The zero-order valence-corrected chi connectivity index (χ0v) is 13.0. The number of benzene rings is 1. The maximum absolute atomic E-state index is 13.2. The summed E-state index contributed by atoms with van der Waals surface area (Å²) in [5.41, 5.74) is 2.02. The molecule has 2 aromatic rings. The molecule has 0 aliphatic heterocycles. The first-order valence-corrected chi connectivity index (χ1v) is 7.39. The van der Waals surface area contributed by atoms with Gasteiger partial charge >= 0.3 is 0 Å². The molecule has 4 heteroatoms. The van der Waals surface area contributed by atoms with Crippen molar-refractivity contribution in [2.24, 2.45) is 0 Å². The molecular weight excluding hydrogens is 273 g/mol. The van der Waals surface area contributed by atoms with Crippen LogP contribution in [0.4, 0.5) is 4.39 Å². The minimum Gasteiger partial charge on any atom is -0.294 e. The predicted molar refractivity (Wildman–Crippen MR) is 80.0 cm³/mol. The first-order valence-electron chi connectivity index (χ1n) is 6.51. The van der Waals surface area contributed by atoms with Crippen molar-refractivity contribution in [3.8, 4) is 0 Å². The van der Waals surface area contributed by atoms with Crippen LogP contribution in [0.5, 0.6) is 0 Å². The van der Waals surface area contributed by atoms with Gasteiger partial charge in [0.2, 0.25) is 0 Å². The van der Waals surface area contributed by atoms with Crippen LogP contribution in [0.3, 0.4) is 0 Å². The summed E-state index contributed by atoms with van der Waals surface area (Å²) in [6.07, 6.45) is 0.270. The number of Topliss-reactive ketones (excluding diaryl/α,β-unsaturated/α-hetero) is 1. The van der Waals surface area contributed by atoms with Crippen LogP contribution in [0.15, 0.2) is 23.6 Å². The Morgan fingerprint density at radius 3 is 2.60 bits per heavy atom.